The number of rotatable bonds is 73. The minimum Gasteiger partial charge on any atom is -0.462 e. The van der Waals surface area contributed by atoms with Crippen LogP contribution in [0.1, 0.15) is 383 Å². The average molecular weight is 1400 g/mol. The summed E-state index contributed by atoms with van der Waals surface area (Å²) in [7, 11) is -9.91. The standard InChI is InChI=1S/C76H148O17P2/c1-9-69(8)55-47-39-31-22-18-16-14-12-10-11-13-15-17-19-23-32-40-48-56-73(78)86-62-71(92-75(80)58-50-42-33-24-20-21-28-36-44-52-66(2)3)64-90-94(82,83)88-60-70(77)61-89-95(84,85)91-65-72(63-87-74(79)57-49-41-35-27-30-38-46-54-68(6)7)93-76(81)59-51-43-34-26-25-29-37-45-53-67(4)5/h66-72,77H,9-65H2,1-8H3,(H,82,83)(H,84,85)/t69?,70?,71-,72-/m1/s1. The zero-order chi connectivity index (χ0) is 70.3. The lowest BCUT2D eigenvalue weighted by molar-refractivity contribution is -0.161. The highest BCUT2D eigenvalue weighted by Crippen LogP contribution is 2.45. The Balaban J connectivity index is 5.15. The van der Waals surface area contributed by atoms with Gasteiger partial charge in [-0.05, 0) is 49.4 Å². The number of carbonyl (C=O) groups is 4. The molecule has 0 spiro atoms. The van der Waals surface area contributed by atoms with Crippen LogP contribution in [0, 0.1) is 23.7 Å². The van der Waals surface area contributed by atoms with Gasteiger partial charge < -0.3 is 33.8 Å². The molecular weight excluding hydrogens is 1250 g/mol. The maximum absolute atomic E-state index is 13.1. The van der Waals surface area contributed by atoms with Crippen LogP contribution in [0.5, 0.6) is 0 Å². The first-order valence-corrected chi connectivity index (χ1v) is 42.2. The fraction of sp³-hybridized carbons (Fsp3) is 0.947. The molecule has 0 aliphatic rings. The van der Waals surface area contributed by atoms with Crippen molar-refractivity contribution in [3.05, 3.63) is 0 Å². The van der Waals surface area contributed by atoms with E-state index in [-0.39, 0.29) is 25.7 Å². The summed E-state index contributed by atoms with van der Waals surface area (Å²) in [5, 5.41) is 10.6. The number of aliphatic hydroxyl groups is 1. The van der Waals surface area contributed by atoms with E-state index < -0.39 is 97.5 Å². The summed E-state index contributed by atoms with van der Waals surface area (Å²) in [5.41, 5.74) is 0. The van der Waals surface area contributed by atoms with E-state index >= 15 is 0 Å². The molecule has 0 heterocycles. The highest BCUT2D eigenvalue weighted by Gasteiger charge is 2.30. The SMILES string of the molecule is CCC(C)CCCCCCCCCCCCCCCCCCCCC(=O)OC[C@H](COP(=O)(O)OCC(O)COP(=O)(O)OC[C@@H](COC(=O)CCCCCCCCCC(C)C)OC(=O)CCCCCCCCCCC(C)C)OC(=O)CCCCCCCCCCCC(C)C. The molecule has 4 unspecified atom stereocenters. The third kappa shape index (κ3) is 69.0. The van der Waals surface area contributed by atoms with E-state index in [9.17, 15) is 43.2 Å². The smallest absolute Gasteiger partial charge is 0.462 e. The Morgan fingerprint density at radius 1 is 0.295 bits per heavy atom. The Hall–Kier alpha value is -1.94. The molecule has 0 aromatic carbocycles. The van der Waals surface area contributed by atoms with Gasteiger partial charge in [-0.25, -0.2) is 9.13 Å². The van der Waals surface area contributed by atoms with Gasteiger partial charge in [0.25, 0.3) is 0 Å². The Morgan fingerprint density at radius 2 is 0.505 bits per heavy atom. The zero-order valence-corrected chi connectivity index (χ0v) is 64.1. The number of aliphatic hydroxyl groups excluding tert-OH is 1. The van der Waals surface area contributed by atoms with Gasteiger partial charge in [-0.2, -0.15) is 0 Å². The minimum absolute atomic E-state index is 0.103. The van der Waals surface area contributed by atoms with Gasteiger partial charge in [-0.15, -0.1) is 0 Å². The van der Waals surface area contributed by atoms with Crippen LogP contribution in [0.25, 0.3) is 0 Å². The highest BCUT2D eigenvalue weighted by molar-refractivity contribution is 7.47. The number of phosphoric ester groups is 2. The van der Waals surface area contributed by atoms with Gasteiger partial charge in [-0.3, -0.25) is 37.3 Å². The number of unbranched alkanes of at least 4 members (excludes halogenated alkanes) is 38. The molecule has 0 rings (SSSR count). The normalized spacial score (nSPS) is 14.4. The van der Waals surface area contributed by atoms with Crippen molar-refractivity contribution in [1.29, 1.82) is 0 Å². The predicted molar refractivity (Wildman–Crippen MR) is 386 cm³/mol. The molecule has 0 saturated carbocycles. The van der Waals surface area contributed by atoms with E-state index in [1.165, 1.54) is 180 Å². The lowest BCUT2D eigenvalue weighted by atomic mass is 9.99. The minimum atomic E-state index is -4.96. The molecular formula is C76H148O17P2. The van der Waals surface area contributed by atoms with Gasteiger partial charge in [0, 0.05) is 25.7 Å². The Kier molecular flexibility index (Phi) is 64.0. The van der Waals surface area contributed by atoms with Crippen molar-refractivity contribution in [2.75, 3.05) is 39.6 Å². The molecule has 17 nitrogen and oxygen atoms in total. The third-order valence-corrected chi connectivity index (χ3v) is 19.8. The number of phosphoric acid groups is 2. The molecule has 0 amide bonds. The maximum Gasteiger partial charge on any atom is 0.472 e. The van der Waals surface area contributed by atoms with Crippen LogP contribution < -0.4 is 0 Å². The molecule has 95 heavy (non-hydrogen) atoms. The predicted octanol–water partition coefficient (Wildman–Crippen LogP) is 22.0. The lowest BCUT2D eigenvalue weighted by Crippen LogP contribution is -2.30. The first-order valence-electron chi connectivity index (χ1n) is 39.2. The summed E-state index contributed by atoms with van der Waals surface area (Å²) in [6.07, 6.45) is 50.3. The molecule has 564 valence electrons. The average Bonchev–Trinajstić information content (AvgIpc) is 1.35. The van der Waals surface area contributed by atoms with Crippen LogP contribution in [0.3, 0.4) is 0 Å². The first kappa shape index (κ1) is 93.1. The van der Waals surface area contributed by atoms with Crippen molar-refractivity contribution in [3.63, 3.8) is 0 Å². The molecule has 19 heteroatoms. The molecule has 0 saturated heterocycles. The third-order valence-electron chi connectivity index (χ3n) is 17.9. The molecule has 0 fully saturated rings. The highest BCUT2D eigenvalue weighted by atomic mass is 31.2. The summed E-state index contributed by atoms with van der Waals surface area (Å²) in [4.78, 5) is 72.7. The van der Waals surface area contributed by atoms with E-state index in [0.29, 0.717) is 31.6 Å². The van der Waals surface area contributed by atoms with E-state index in [1.54, 1.807) is 0 Å². The molecule has 0 bridgehead atoms. The summed E-state index contributed by atoms with van der Waals surface area (Å²) in [6, 6.07) is 0. The second kappa shape index (κ2) is 65.4. The summed E-state index contributed by atoms with van der Waals surface area (Å²) >= 11 is 0. The first-order chi connectivity index (χ1) is 45.6. The van der Waals surface area contributed by atoms with Crippen molar-refractivity contribution in [2.45, 2.75) is 401 Å². The number of hydrogen-bond donors (Lipinski definition) is 3. The molecule has 0 radical (unpaired) electrons. The van der Waals surface area contributed by atoms with E-state index in [1.807, 2.05) is 0 Å². The molecule has 3 N–H and O–H groups in total. The Bertz CT molecular complexity index is 1870. The van der Waals surface area contributed by atoms with E-state index in [2.05, 4.69) is 55.4 Å². The number of carbonyl (C=O) groups excluding carboxylic acids is 4. The monoisotopic (exact) mass is 1400 g/mol. The lowest BCUT2D eigenvalue weighted by Gasteiger charge is -2.21. The molecule has 0 aromatic heterocycles. The summed E-state index contributed by atoms with van der Waals surface area (Å²) < 4.78 is 68.4. The van der Waals surface area contributed by atoms with Gasteiger partial charge in [0.2, 0.25) is 0 Å². The Morgan fingerprint density at radius 3 is 0.747 bits per heavy atom. The van der Waals surface area contributed by atoms with E-state index in [0.717, 1.165) is 114 Å². The van der Waals surface area contributed by atoms with Gasteiger partial charge in [-0.1, -0.05) is 331 Å². The van der Waals surface area contributed by atoms with Crippen LogP contribution in [-0.4, -0.2) is 96.7 Å². The molecule has 0 aliphatic heterocycles. The van der Waals surface area contributed by atoms with Gasteiger partial charge in [0.05, 0.1) is 26.4 Å². The van der Waals surface area contributed by atoms with Gasteiger partial charge in [0.15, 0.2) is 12.2 Å². The molecule has 6 atom stereocenters. The van der Waals surface area contributed by atoms with Crippen LogP contribution in [0.2, 0.25) is 0 Å². The second-order valence-corrected chi connectivity index (χ2v) is 32.0. The van der Waals surface area contributed by atoms with Crippen LogP contribution >= 0.6 is 15.6 Å². The Labute approximate surface area is 581 Å². The summed E-state index contributed by atoms with van der Waals surface area (Å²) in [6.45, 7) is 14.1. The maximum atomic E-state index is 13.1. The van der Waals surface area contributed by atoms with Gasteiger partial charge >= 0.3 is 39.5 Å². The largest absolute Gasteiger partial charge is 0.472 e. The quantitative estimate of drug-likeness (QED) is 0.0222. The molecule has 0 aliphatic carbocycles. The fourth-order valence-electron chi connectivity index (χ4n) is 11.5. The number of ether oxygens (including phenoxy) is 4. The molecule has 0 aromatic rings. The van der Waals surface area contributed by atoms with Crippen molar-refractivity contribution in [1.82, 2.24) is 0 Å². The van der Waals surface area contributed by atoms with Crippen molar-refractivity contribution >= 4 is 39.5 Å². The van der Waals surface area contributed by atoms with Crippen LogP contribution in [0.4, 0.5) is 0 Å². The number of hydrogen-bond acceptors (Lipinski definition) is 15. The van der Waals surface area contributed by atoms with Crippen LogP contribution in [-0.2, 0) is 65.4 Å². The second-order valence-electron chi connectivity index (χ2n) is 29.1. The van der Waals surface area contributed by atoms with Crippen molar-refractivity contribution in [3.8, 4) is 0 Å². The topological polar surface area (TPSA) is 237 Å². The van der Waals surface area contributed by atoms with Crippen LogP contribution in [0.15, 0.2) is 0 Å². The zero-order valence-electron chi connectivity index (χ0n) is 62.3. The van der Waals surface area contributed by atoms with E-state index in [4.69, 9.17) is 37.0 Å². The van der Waals surface area contributed by atoms with Gasteiger partial charge in [0.1, 0.15) is 19.3 Å². The van der Waals surface area contributed by atoms with Crippen molar-refractivity contribution < 1.29 is 80.2 Å². The fourth-order valence-corrected chi connectivity index (χ4v) is 13.1. The van der Waals surface area contributed by atoms with Crippen molar-refractivity contribution in [2.24, 2.45) is 23.7 Å². The number of esters is 4. The summed E-state index contributed by atoms with van der Waals surface area (Å²) in [5.74, 6) is 0.908.